The first-order valence-electron chi connectivity index (χ1n) is 5.41. The van der Waals surface area contributed by atoms with Crippen LogP contribution in [0.5, 0.6) is 0 Å². The van der Waals surface area contributed by atoms with E-state index in [2.05, 4.69) is 4.74 Å². The Bertz CT molecular complexity index is 425. The molecule has 0 aliphatic carbocycles. The summed E-state index contributed by atoms with van der Waals surface area (Å²) in [5.74, 6) is -1.12. The molecule has 0 aromatic heterocycles. The number of aliphatic hydroxyl groups excluding tert-OH is 2. The van der Waals surface area contributed by atoms with Crippen molar-refractivity contribution in [2.75, 3.05) is 7.11 Å². The summed E-state index contributed by atoms with van der Waals surface area (Å²) in [5.41, 5.74) is 6.12. The largest absolute Gasteiger partial charge is 0.469 e. The van der Waals surface area contributed by atoms with E-state index in [1.165, 1.54) is 19.2 Å². The molecule has 1 aromatic rings. The molecule has 0 radical (unpaired) electrons. The van der Waals surface area contributed by atoms with Crippen molar-refractivity contribution in [1.82, 2.24) is 0 Å². The molecule has 6 heteroatoms. The van der Waals surface area contributed by atoms with Crippen LogP contribution in [0.2, 0.25) is 0 Å². The zero-order chi connectivity index (χ0) is 13.7. The van der Waals surface area contributed by atoms with Gasteiger partial charge in [-0.3, -0.25) is 4.79 Å². The minimum absolute atomic E-state index is 0.0229. The van der Waals surface area contributed by atoms with E-state index in [0.29, 0.717) is 11.1 Å². The highest BCUT2D eigenvalue weighted by Crippen LogP contribution is 2.23. The maximum atomic E-state index is 13.0. The first-order valence-corrected chi connectivity index (χ1v) is 5.41. The van der Waals surface area contributed by atoms with Crippen LogP contribution < -0.4 is 5.73 Å². The van der Waals surface area contributed by atoms with Crippen molar-refractivity contribution in [1.29, 1.82) is 0 Å². The van der Waals surface area contributed by atoms with Crippen LogP contribution in [0.4, 0.5) is 4.39 Å². The Morgan fingerprint density at radius 2 is 2.17 bits per heavy atom. The standard InChI is InChI=1S/C12H16FNO4/c1-18-11(16)5-10(15)12(17)9-3-2-8(13)4-7(9)6-14/h2-4,10,12,15,17H,5-6,14H2,1H3. The molecule has 0 amide bonds. The molecule has 0 spiro atoms. The summed E-state index contributed by atoms with van der Waals surface area (Å²) in [6.07, 6.45) is -2.99. The number of ether oxygens (including phenoxy) is 1. The lowest BCUT2D eigenvalue weighted by Crippen LogP contribution is -2.24. The quantitative estimate of drug-likeness (QED) is 0.657. The Kier molecular flexibility index (Phi) is 5.21. The Hall–Kier alpha value is -1.50. The Morgan fingerprint density at radius 1 is 1.50 bits per heavy atom. The topological polar surface area (TPSA) is 92.8 Å². The van der Waals surface area contributed by atoms with Gasteiger partial charge in [0.25, 0.3) is 0 Å². The molecule has 2 atom stereocenters. The summed E-state index contributed by atoms with van der Waals surface area (Å²) in [6.45, 7) is 0.0229. The van der Waals surface area contributed by atoms with Crippen LogP contribution in [-0.2, 0) is 16.1 Å². The third-order valence-electron chi connectivity index (χ3n) is 2.61. The lowest BCUT2D eigenvalue weighted by atomic mass is 9.97. The molecule has 1 aromatic carbocycles. The van der Waals surface area contributed by atoms with Crippen LogP contribution in [0.3, 0.4) is 0 Å². The molecular formula is C12H16FNO4. The number of hydrogen-bond donors (Lipinski definition) is 3. The van der Waals surface area contributed by atoms with Gasteiger partial charge in [0.1, 0.15) is 11.9 Å². The molecule has 1 rings (SSSR count). The maximum absolute atomic E-state index is 13.0. The zero-order valence-electron chi connectivity index (χ0n) is 9.97. The van der Waals surface area contributed by atoms with Gasteiger partial charge in [-0.05, 0) is 23.3 Å². The minimum Gasteiger partial charge on any atom is -0.469 e. The fraction of sp³-hybridized carbons (Fsp3) is 0.417. The van der Waals surface area contributed by atoms with E-state index in [1.807, 2.05) is 0 Å². The summed E-state index contributed by atoms with van der Waals surface area (Å²) in [6, 6.07) is 3.68. The van der Waals surface area contributed by atoms with Gasteiger partial charge in [-0.15, -0.1) is 0 Å². The van der Waals surface area contributed by atoms with Gasteiger partial charge in [0.2, 0.25) is 0 Å². The van der Waals surface area contributed by atoms with Gasteiger partial charge in [-0.2, -0.15) is 0 Å². The number of carbonyl (C=O) groups excluding carboxylic acids is 1. The Labute approximate surface area is 104 Å². The van der Waals surface area contributed by atoms with E-state index in [1.54, 1.807) is 0 Å². The molecule has 18 heavy (non-hydrogen) atoms. The van der Waals surface area contributed by atoms with E-state index in [9.17, 15) is 19.4 Å². The van der Waals surface area contributed by atoms with E-state index >= 15 is 0 Å². The molecule has 100 valence electrons. The van der Waals surface area contributed by atoms with Gasteiger partial charge in [0, 0.05) is 6.54 Å². The molecule has 2 unspecified atom stereocenters. The summed E-state index contributed by atoms with van der Waals surface area (Å²) < 4.78 is 17.4. The van der Waals surface area contributed by atoms with Gasteiger partial charge in [-0.25, -0.2) is 4.39 Å². The summed E-state index contributed by atoms with van der Waals surface area (Å²) in [7, 11) is 1.19. The number of carbonyl (C=O) groups is 1. The molecule has 0 fully saturated rings. The normalized spacial score (nSPS) is 14.1. The average Bonchev–Trinajstić information content (AvgIpc) is 2.37. The van der Waals surface area contributed by atoms with Crippen LogP contribution in [-0.4, -0.2) is 29.4 Å². The summed E-state index contributed by atoms with van der Waals surface area (Å²) in [4.78, 5) is 11.0. The third kappa shape index (κ3) is 3.49. The first-order chi connectivity index (χ1) is 8.49. The monoisotopic (exact) mass is 257 g/mol. The highest BCUT2D eigenvalue weighted by molar-refractivity contribution is 5.69. The van der Waals surface area contributed by atoms with Crippen molar-refractivity contribution in [3.63, 3.8) is 0 Å². The Balaban J connectivity index is 2.89. The van der Waals surface area contributed by atoms with Crippen molar-refractivity contribution >= 4 is 5.97 Å². The second-order valence-electron chi connectivity index (χ2n) is 3.84. The summed E-state index contributed by atoms with van der Waals surface area (Å²) in [5, 5.41) is 19.6. The number of halogens is 1. The van der Waals surface area contributed by atoms with E-state index in [0.717, 1.165) is 6.07 Å². The average molecular weight is 257 g/mol. The third-order valence-corrected chi connectivity index (χ3v) is 2.61. The SMILES string of the molecule is COC(=O)CC(O)C(O)c1ccc(F)cc1CN. The van der Waals surface area contributed by atoms with E-state index in [4.69, 9.17) is 5.73 Å². The molecule has 0 saturated carbocycles. The van der Waals surface area contributed by atoms with Crippen LogP contribution in [0.15, 0.2) is 18.2 Å². The number of aliphatic hydroxyl groups is 2. The van der Waals surface area contributed by atoms with Crippen molar-refractivity contribution in [3.8, 4) is 0 Å². The fourth-order valence-electron chi connectivity index (χ4n) is 1.61. The predicted molar refractivity (Wildman–Crippen MR) is 61.9 cm³/mol. The summed E-state index contributed by atoms with van der Waals surface area (Å²) >= 11 is 0. The molecule has 4 N–H and O–H groups in total. The van der Waals surface area contributed by atoms with Gasteiger partial charge in [0.15, 0.2) is 0 Å². The van der Waals surface area contributed by atoms with Crippen LogP contribution >= 0.6 is 0 Å². The number of hydrogen-bond acceptors (Lipinski definition) is 5. The number of rotatable bonds is 5. The molecule has 0 aliphatic heterocycles. The van der Waals surface area contributed by atoms with E-state index in [-0.39, 0.29) is 13.0 Å². The first kappa shape index (κ1) is 14.6. The fourth-order valence-corrected chi connectivity index (χ4v) is 1.61. The zero-order valence-corrected chi connectivity index (χ0v) is 9.97. The number of methoxy groups -OCH3 is 1. The van der Waals surface area contributed by atoms with E-state index < -0.39 is 24.0 Å². The minimum atomic E-state index is -1.33. The lowest BCUT2D eigenvalue weighted by Gasteiger charge is -2.19. The second kappa shape index (κ2) is 6.44. The second-order valence-corrected chi connectivity index (χ2v) is 3.84. The van der Waals surface area contributed by atoms with Gasteiger partial charge in [0.05, 0.1) is 19.6 Å². The van der Waals surface area contributed by atoms with Crippen molar-refractivity contribution in [2.45, 2.75) is 25.2 Å². The van der Waals surface area contributed by atoms with Crippen LogP contribution in [0.25, 0.3) is 0 Å². The van der Waals surface area contributed by atoms with Crippen molar-refractivity contribution < 1.29 is 24.1 Å². The number of benzene rings is 1. The molecule has 0 heterocycles. The number of esters is 1. The molecule has 5 nitrogen and oxygen atoms in total. The highest BCUT2D eigenvalue weighted by atomic mass is 19.1. The van der Waals surface area contributed by atoms with Crippen LogP contribution in [0, 0.1) is 5.82 Å². The van der Waals surface area contributed by atoms with Gasteiger partial charge < -0.3 is 20.7 Å². The molecular weight excluding hydrogens is 241 g/mol. The smallest absolute Gasteiger partial charge is 0.308 e. The molecule has 0 saturated heterocycles. The maximum Gasteiger partial charge on any atom is 0.308 e. The van der Waals surface area contributed by atoms with Crippen molar-refractivity contribution in [2.24, 2.45) is 5.73 Å². The van der Waals surface area contributed by atoms with Gasteiger partial charge >= 0.3 is 5.97 Å². The number of nitrogens with two attached hydrogens (primary N) is 1. The van der Waals surface area contributed by atoms with Gasteiger partial charge in [-0.1, -0.05) is 6.07 Å². The highest BCUT2D eigenvalue weighted by Gasteiger charge is 2.23. The van der Waals surface area contributed by atoms with Crippen LogP contribution in [0.1, 0.15) is 23.7 Å². The Morgan fingerprint density at radius 3 is 2.72 bits per heavy atom. The molecule has 0 bridgehead atoms. The van der Waals surface area contributed by atoms with Crippen molar-refractivity contribution in [3.05, 3.63) is 35.1 Å². The predicted octanol–water partition coefficient (Wildman–Crippen LogP) is 0.242. The lowest BCUT2D eigenvalue weighted by molar-refractivity contribution is -0.144. The molecule has 0 aliphatic rings.